The van der Waals surface area contributed by atoms with Gasteiger partial charge in [-0.15, -0.1) is 0 Å². The minimum atomic E-state index is -3.86. The van der Waals surface area contributed by atoms with Crippen molar-refractivity contribution in [1.29, 1.82) is 0 Å². The maximum Gasteiger partial charge on any atom is 0.319 e. The van der Waals surface area contributed by atoms with Crippen LogP contribution >= 0.6 is 0 Å². The van der Waals surface area contributed by atoms with E-state index in [1.807, 2.05) is 0 Å². The minimum Gasteiger partial charge on any atom is -0.496 e. The van der Waals surface area contributed by atoms with Gasteiger partial charge in [-0.1, -0.05) is 0 Å². The van der Waals surface area contributed by atoms with Gasteiger partial charge in [-0.25, -0.2) is 13.4 Å². The number of methoxy groups -OCH3 is 1. The van der Waals surface area contributed by atoms with Gasteiger partial charge in [0.1, 0.15) is 11.4 Å². The Bertz CT molecular complexity index is 884. The lowest BCUT2D eigenvalue weighted by Crippen LogP contribution is -2.16. The van der Waals surface area contributed by atoms with Crippen molar-refractivity contribution in [3.8, 4) is 17.6 Å². The molecule has 1 aromatic carbocycles. The molecule has 0 spiro atoms. The number of sulfonamides is 1. The van der Waals surface area contributed by atoms with Crippen LogP contribution in [0.3, 0.4) is 0 Å². The molecule has 2 aromatic rings. The zero-order valence-corrected chi connectivity index (χ0v) is 16.3. The molecule has 0 radical (unpaired) electrons. The summed E-state index contributed by atoms with van der Waals surface area (Å²) in [7, 11) is -2.32. The van der Waals surface area contributed by atoms with Crippen LogP contribution in [0.25, 0.3) is 0 Å². The second-order valence-electron chi connectivity index (χ2n) is 5.36. The minimum absolute atomic E-state index is 0.109. The summed E-state index contributed by atoms with van der Waals surface area (Å²) >= 11 is 0. The van der Waals surface area contributed by atoms with Crippen molar-refractivity contribution < 1.29 is 22.6 Å². The van der Waals surface area contributed by atoms with E-state index in [1.54, 1.807) is 40.9 Å². The first-order valence-corrected chi connectivity index (χ1v) is 9.62. The number of nitrogens with zero attached hydrogens (tertiary/aromatic N) is 2. The first-order chi connectivity index (χ1) is 12.3. The number of benzene rings is 1. The Morgan fingerprint density at radius 2 is 1.77 bits per heavy atom. The lowest BCUT2D eigenvalue weighted by atomic mass is 10.1. The Labute approximate surface area is 153 Å². The van der Waals surface area contributed by atoms with E-state index in [1.165, 1.54) is 12.3 Å². The van der Waals surface area contributed by atoms with Gasteiger partial charge in [0, 0.05) is 0 Å². The van der Waals surface area contributed by atoms with Crippen LogP contribution in [0.15, 0.2) is 23.2 Å². The SMILES string of the molecule is CCOc1ncc(NS(=O)(=O)c2ccc(OC)c(C)c2C)c(OCC)n1. The van der Waals surface area contributed by atoms with E-state index >= 15 is 0 Å². The van der Waals surface area contributed by atoms with Crippen molar-refractivity contribution in [3.05, 3.63) is 29.5 Å². The number of hydrogen-bond donors (Lipinski definition) is 1. The predicted molar refractivity (Wildman–Crippen MR) is 97.6 cm³/mol. The number of ether oxygens (including phenoxy) is 3. The van der Waals surface area contributed by atoms with Gasteiger partial charge in [-0.3, -0.25) is 4.72 Å². The van der Waals surface area contributed by atoms with Crippen LogP contribution < -0.4 is 18.9 Å². The molecule has 8 nitrogen and oxygen atoms in total. The maximum absolute atomic E-state index is 12.8. The van der Waals surface area contributed by atoms with Gasteiger partial charge in [0.05, 0.1) is 31.4 Å². The Balaban J connectivity index is 2.42. The largest absolute Gasteiger partial charge is 0.496 e. The molecule has 9 heteroatoms. The molecule has 0 atom stereocenters. The van der Waals surface area contributed by atoms with E-state index in [4.69, 9.17) is 14.2 Å². The highest BCUT2D eigenvalue weighted by molar-refractivity contribution is 7.92. The molecule has 0 aliphatic rings. The van der Waals surface area contributed by atoms with Gasteiger partial charge in [0.2, 0.25) is 5.88 Å². The molecule has 0 fully saturated rings. The van der Waals surface area contributed by atoms with Gasteiger partial charge in [0.25, 0.3) is 10.0 Å². The average Bonchev–Trinajstić information content (AvgIpc) is 2.59. The molecule has 0 aliphatic carbocycles. The van der Waals surface area contributed by atoms with Gasteiger partial charge in [-0.05, 0) is 51.0 Å². The molecule has 0 saturated carbocycles. The van der Waals surface area contributed by atoms with Crippen molar-refractivity contribution in [2.24, 2.45) is 0 Å². The fourth-order valence-electron chi connectivity index (χ4n) is 2.35. The molecular weight excluding hydrogens is 358 g/mol. The highest BCUT2D eigenvalue weighted by atomic mass is 32.2. The topological polar surface area (TPSA) is 99.6 Å². The monoisotopic (exact) mass is 381 g/mol. The summed E-state index contributed by atoms with van der Waals surface area (Å²) in [5.41, 5.74) is 1.49. The summed E-state index contributed by atoms with van der Waals surface area (Å²) < 4.78 is 44.1. The molecule has 2 rings (SSSR count). The molecule has 0 bridgehead atoms. The predicted octanol–water partition coefficient (Wildman–Crippen LogP) is 2.70. The van der Waals surface area contributed by atoms with Crippen LogP contribution in [0, 0.1) is 13.8 Å². The summed E-state index contributed by atoms with van der Waals surface area (Å²) in [5.74, 6) is 0.735. The molecule has 1 aromatic heterocycles. The molecule has 1 heterocycles. The lowest BCUT2D eigenvalue weighted by Gasteiger charge is -2.15. The van der Waals surface area contributed by atoms with Crippen molar-refractivity contribution in [2.75, 3.05) is 25.0 Å². The lowest BCUT2D eigenvalue weighted by molar-refractivity contribution is 0.290. The van der Waals surface area contributed by atoms with Crippen LogP contribution in [0.1, 0.15) is 25.0 Å². The van der Waals surface area contributed by atoms with Crippen molar-refractivity contribution in [3.63, 3.8) is 0 Å². The highest BCUT2D eigenvalue weighted by Crippen LogP contribution is 2.30. The zero-order valence-electron chi connectivity index (χ0n) is 15.5. The fourth-order valence-corrected chi connectivity index (χ4v) is 3.69. The molecule has 0 amide bonds. The van der Waals surface area contributed by atoms with Crippen molar-refractivity contribution >= 4 is 15.7 Å². The fraction of sp³-hybridized carbons (Fsp3) is 0.412. The first kappa shape index (κ1) is 19.8. The third-order valence-corrected chi connectivity index (χ3v) is 5.24. The normalized spacial score (nSPS) is 11.1. The van der Waals surface area contributed by atoms with E-state index in [9.17, 15) is 8.42 Å². The summed E-state index contributed by atoms with van der Waals surface area (Å²) in [6.45, 7) is 7.81. The molecule has 0 unspecified atom stereocenters. The highest BCUT2D eigenvalue weighted by Gasteiger charge is 2.22. The van der Waals surface area contributed by atoms with Crippen molar-refractivity contribution in [2.45, 2.75) is 32.6 Å². The van der Waals surface area contributed by atoms with Crippen LogP contribution in [-0.2, 0) is 10.0 Å². The standard InChI is InChI=1S/C17H23N3O5S/c1-6-24-16-13(10-18-17(19-16)25-7-2)20-26(21,22)15-9-8-14(23-5)11(3)12(15)4/h8-10,20H,6-7H2,1-5H3. The summed E-state index contributed by atoms with van der Waals surface area (Å²) in [6, 6.07) is 3.24. The molecule has 1 N–H and O–H groups in total. The van der Waals surface area contributed by atoms with Gasteiger partial charge >= 0.3 is 6.01 Å². The third-order valence-electron chi connectivity index (χ3n) is 3.73. The maximum atomic E-state index is 12.8. The van der Waals surface area contributed by atoms with Gasteiger partial charge in [-0.2, -0.15) is 4.98 Å². The van der Waals surface area contributed by atoms with Gasteiger partial charge < -0.3 is 14.2 Å². The van der Waals surface area contributed by atoms with E-state index in [-0.39, 0.29) is 22.5 Å². The number of aromatic nitrogens is 2. The Morgan fingerprint density at radius 3 is 2.38 bits per heavy atom. The molecule has 26 heavy (non-hydrogen) atoms. The molecule has 0 saturated heterocycles. The van der Waals surface area contributed by atoms with Crippen LogP contribution in [-0.4, -0.2) is 38.7 Å². The second kappa shape index (κ2) is 8.22. The third kappa shape index (κ3) is 4.16. The van der Waals surface area contributed by atoms with E-state index in [2.05, 4.69) is 14.7 Å². The van der Waals surface area contributed by atoms with E-state index in [0.29, 0.717) is 24.5 Å². The van der Waals surface area contributed by atoms with Crippen LogP contribution in [0.2, 0.25) is 0 Å². The first-order valence-electron chi connectivity index (χ1n) is 8.13. The zero-order chi connectivity index (χ0) is 19.3. The van der Waals surface area contributed by atoms with Crippen LogP contribution in [0.5, 0.6) is 17.6 Å². The molecule has 142 valence electrons. The van der Waals surface area contributed by atoms with Crippen LogP contribution in [0.4, 0.5) is 5.69 Å². The molecular formula is C17H23N3O5S. The number of rotatable bonds is 8. The summed E-state index contributed by atoms with van der Waals surface area (Å²) in [6.07, 6.45) is 1.33. The second-order valence-corrected chi connectivity index (χ2v) is 7.01. The number of hydrogen-bond acceptors (Lipinski definition) is 7. The van der Waals surface area contributed by atoms with Gasteiger partial charge in [0.15, 0.2) is 0 Å². The molecule has 0 aliphatic heterocycles. The van der Waals surface area contributed by atoms with E-state index < -0.39 is 10.0 Å². The smallest absolute Gasteiger partial charge is 0.319 e. The summed E-state index contributed by atoms with van der Waals surface area (Å²) in [4.78, 5) is 8.24. The number of anilines is 1. The Hall–Kier alpha value is -2.55. The quantitative estimate of drug-likeness (QED) is 0.750. The Morgan fingerprint density at radius 1 is 1.08 bits per heavy atom. The van der Waals surface area contributed by atoms with Crippen molar-refractivity contribution in [1.82, 2.24) is 9.97 Å². The average molecular weight is 381 g/mol. The van der Waals surface area contributed by atoms with E-state index in [0.717, 1.165) is 5.56 Å². The number of nitrogens with one attached hydrogen (secondary N) is 1. The Kier molecular flexibility index (Phi) is 6.25. The summed E-state index contributed by atoms with van der Waals surface area (Å²) in [5, 5.41) is 0.